The summed E-state index contributed by atoms with van der Waals surface area (Å²) in [6.07, 6.45) is 0. The Bertz CT molecular complexity index is 349. The number of ether oxygens (including phenoxy) is 1. The average molecular weight is 255 g/mol. The van der Waals surface area contributed by atoms with E-state index in [1.165, 1.54) is 0 Å². The van der Waals surface area contributed by atoms with Gasteiger partial charge < -0.3 is 24.4 Å². The third-order valence-corrected chi connectivity index (χ3v) is 3.00. The van der Waals surface area contributed by atoms with E-state index >= 15 is 0 Å². The van der Waals surface area contributed by atoms with Crippen LogP contribution in [-0.2, 0) is 11.3 Å². The van der Waals surface area contributed by atoms with E-state index < -0.39 is 0 Å². The molecular formula is C11H21N5O2. The number of methoxy groups -OCH3 is 1. The van der Waals surface area contributed by atoms with Crippen molar-refractivity contribution in [3.05, 3.63) is 5.89 Å². The molecule has 7 heteroatoms. The molecule has 0 spiro atoms. The van der Waals surface area contributed by atoms with Crippen LogP contribution in [0.4, 0.5) is 5.95 Å². The van der Waals surface area contributed by atoms with Crippen molar-refractivity contribution in [1.82, 2.24) is 20.4 Å². The van der Waals surface area contributed by atoms with Crippen LogP contribution in [0, 0.1) is 0 Å². The molecule has 1 aliphatic rings. The van der Waals surface area contributed by atoms with Gasteiger partial charge in [0.2, 0.25) is 5.89 Å². The van der Waals surface area contributed by atoms with E-state index in [4.69, 9.17) is 9.26 Å². The number of hydrogen-bond acceptors (Lipinski definition) is 7. The SMILES string of the molecule is COCCNCc1nc(N2CCN(C)CC2)no1. The fraction of sp³-hybridized carbons (Fsp3) is 0.818. The van der Waals surface area contributed by atoms with Crippen LogP contribution >= 0.6 is 0 Å². The first-order valence-corrected chi connectivity index (χ1v) is 6.25. The van der Waals surface area contributed by atoms with Gasteiger partial charge in [-0.1, -0.05) is 0 Å². The van der Waals surface area contributed by atoms with Crippen molar-refractivity contribution in [3.8, 4) is 0 Å². The topological polar surface area (TPSA) is 66.7 Å². The molecule has 0 aliphatic carbocycles. The first kappa shape index (κ1) is 13.3. The monoisotopic (exact) mass is 255 g/mol. The summed E-state index contributed by atoms with van der Waals surface area (Å²) < 4.78 is 10.2. The zero-order valence-electron chi connectivity index (χ0n) is 11.1. The molecule has 0 saturated carbocycles. The molecule has 0 aromatic carbocycles. The number of nitrogens with zero attached hydrogens (tertiary/aromatic N) is 4. The number of rotatable bonds is 6. The van der Waals surface area contributed by atoms with Gasteiger partial charge in [0.25, 0.3) is 5.95 Å². The highest BCUT2D eigenvalue weighted by Crippen LogP contribution is 2.11. The molecule has 1 aromatic heterocycles. The number of piperazine rings is 1. The van der Waals surface area contributed by atoms with Crippen LogP contribution in [-0.4, -0.2) is 68.5 Å². The van der Waals surface area contributed by atoms with E-state index in [0.717, 1.165) is 32.7 Å². The van der Waals surface area contributed by atoms with Gasteiger partial charge in [0.05, 0.1) is 13.2 Å². The molecular weight excluding hydrogens is 234 g/mol. The Balaban J connectivity index is 1.78. The number of hydrogen-bond donors (Lipinski definition) is 1. The summed E-state index contributed by atoms with van der Waals surface area (Å²) in [5.41, 5.74) is 0. The minimum Gasteiger partial charge on any atom is -0.383 e. The summed E-state index contributed by atoms with van der Waals surface area (Å²) in [5.74, 6) is 1.33. The van der Waals surface area contributed by atoms with Gasteiger partial charge in [-0.05, 0) is 12.2 Å². The van der Waals surface area contributed by atoms with Crippen molar-refractivity contribution in [2.24, 2.45) is 0 Å². The normalized spacial score (nSPS) is 17.3. The second-order valence-electron chi connectivity index (χ2n) is 4.45. The number of likely N-dealkylation sites (N-methyl/N-ethyl adjacent to an activating group) is 1. The van der Waals surface area contributed by atoms with E-state index in [2.05, 4.69) is 32.3 Å². The maximum absolute atomic E-state index is 5.21. The van der Waals surface area contributed by atoms with Gasteiger partial charge in [-0.3, -0.25) is 0 Å². The largest absolute Gasteiger partial charge is 0.383 e. The summed E-state index contributed by atoms with van der Waals surface area (Å²) in [7, 11) is 3.80. The Morgan fingerprint density at radius 3 is 2.83 bits per heavy atom. The van der Waals surface area contributed by atoms with Gasteiger partial charge in [0, 0.05) is 39.8 Å². The van der Waals surface area contributed by atoms with Gasteiger partial charge >= 0.3 is 0 Å². The molecule has 7 nitrogen and oxygen atoms in total. The van der Waals surface area contributed by atoms with Crippen molar-refractivity contribution >= 4 is 5.95 Å². The quantitative estimate of drug-likeness (QED) is 0.691. The third-order valence-electron chi connectivity index (χ3n) is 3.00. The molecule has 0 radical (unpaired) electrons. The van der Waals surface area contributed by atoms with Gasteiger partial charge in [-0.25, -0.2) is 0 Å². The zero-order chi connectivity index (χ0) is 12.8. The predicted octanol–water partition coefficient (Wildman–Crippen LogP) is -0.443. The predicted molar refractivity (Wildman–Crippen MR) is 67.6 cm³/mol. The molecule has 2 rings (SSSR count). The van der Waals surface area contributed by atoms with Crippen LogP contribution in [0.5, 0.6) is 0 Å². The highest BCUT2D eigenvalue weighted by molar-refractivity contribution is 5.28. The maximum Gasteiger partial charge on any atom is 0.266 e. The van der Waals surface area contributed by atoms with E-state index in [-0.39, 0.29) is 0 Å². The van der Waals surface area contributed by atoms with E-state index in [1.807, 2.05) is 0 Å². The Hall–Kier alpha value is -1.18. The number of aromatic nitrogens is 2. The number of anilines is 1. The molecule has 0 bridgehead atoms. The lowest BCUT2D eigenvalue weighted by Gasteiger charge is -2.31. The van der Waals surface area contributed by atoms with Crippen molar-refractivity contribution in [2.45, 2.75) is 6.54 Å². The lowest BCUT2D eigenvalue weighted by Crippen LogP contribution is -2.44. The van der Waals surface area contributed by atoms with E-state index in [0.29, 0.717) is 25.0 Å². The fourth-order valence-electron chi connectivity index (χ4n) is 1.82. The van der Waals surface area contributed by atoms with Gasteiger partial charge in [-0.15, -0.1) is 0 Å². The van der Waals surface area contributed by atoms with Crippen molar-refractivity contribution < 1.29 is 9.26 Å². The molecule has 0 unspecified atom stereocenters. The maximum atomic E-state index is 5.21. The standard InChI is InChI=1S/C11H21N5O2/c1-15-4-6-16(7-5-15)11-13-10(18-14-11)9-12-3-8-17-2/h12H,3-9H2,1-2H3. The molecule has 0 amide bonds. The third kappa shape index (κ3) is 3.66. The molecule has 1 aromatic rings. The minimum absolute atomic E-state index is 0.587. The van der Waals surface area contributed by atoms with Gasteiger partial charge in [-0.2, -0.15) is 4.98 Å². The second kappa shape index (κ2) is 6.67. The van der Waals surface area contributed by atoms with Crippen LogP contribution in [0.15, 0.2) is 4.52 Å². The summed E-state index contributed by atoms with van der Waals surface area (Å²) in [6.45, 7) is 6.03. The number of nitrogens with one attached hydrogen (secondary N) is 1. The van der Waals surface area contributed by atoms with Crippen molar-refractivity contribution in [3.63, 3.8) is 0 Å². The molecule has 1 aliphatic heterocycles. The Morgan fingerprint density at radius 1 is 1.33 bits per heavy atom. The summed E-state index contributed by atoms with van der Waals surface area (Å²) in [4.78, 5) is 8.83. The molecule has 1 fully saturated rings. The van der Waals surface area contributed by atoms with Gasteiger partial charge in [0.15, 0.2) is 0 Å². The van der Waals surface area contributed by atoms with E-state index in [9.17, 15) is 0 Å². The highest BCUT2D eigenvalue weighted by atomic mass is 16.5. The van der Waals surface area contributed by atoms with Crippen LogP contribution in [0.2, 0.25) is 0 Å². The Labute approximate surface area is 107 Å². The van der Waals surface area contributed by atoms with E-state index in [1.54, 1.807) is 7.11 Å². The second-order valence-corrected chi connectivity index (χ2v) is 4.45. The van der Waals surface area contributed by atoms with Crippen molar-refractivity contribution in [2.75, 3.05) is 58.4 Å². The summed E-state index contributed by atoms with van der Waals surface area (Å²) >= 11 is 0. The van der Waals surface area contributed by atoms with Crippen LogP contribution < -0.4 is 10.2 Å². The molecule has 2 heterocycles. The lowest BCUT2D eigenvalue weighted by atomic mass is 10.3. The molecule has 1 saturated heterocycles. The zero-order valence-corrected chi connectivity index (χ0v) is 11.1. The van der Waals surface area contributed by atoms with Crippen LogP contribution in [0.3, 0.4) is 0 Å². The smallest absolute Gasteiger partial charge is 0.266 e. The minimum atomic E-state index is 0.587. The Kier molecular flexibility index (Phi) is 4.91. The Morgan fingerprint density at radius 2 is 2.11 bits per heavy atom. The first-order chi connectivity index (χ1) is 8.79. The molecule has 0 atom stereocenters. The van der Waals surface area contributed by atoms with Crippen LogP contribution in [0.1, 0.15) is 5.89 Å². The van der Waals surface area contributed by atoms with Crippen molar-refractivity contribution in [1.29, 1.82) is 0 Å². The van der Waals surface area contributed by atoms with Gasteiger partial charge in [0.1, 0.15) is 0 Å². The fourth-order valence-corrected chi connectivity index (χ4v) is 1.82. The lowest BCUT2D eigenvalue weighted by molar-refractivity contribution is 0.197. The first-order valence-electron chi connectivity index (χ1n) is 6.25. The highest BCUT2D eigenvalue weighted by Gasteiger charge is 2.18. The molecule has 18 heavy (non-hydrogen) atoms. The van der Waals surface area contributed by atoms with Crippen LogP contribution in [0.25, 0.3) is 0 Å². The molecule has 102 valence electrons. The summed E-state index contributed by atoms with van der Waals surface area (Å²) in [6, 6.07) is 0. The summed E-state index contributed by atoms with van der Waals surface area (Å²) in [5, 5.41) is 7.19. The average Bonchev–Trinajstić information content (AvgIpc) is 2.84. The molecule has 1 N–H and O–H groups in total.